The molecular weight excluding hydrogens is 432 g/mol. The lowest BCUT2D eigenvalue weighted by Gasteiger charge is -2.38. The van der Waals surface area contributed by atoms with Crippen molar-refractivity contribution in [1.82, 2.24) is 5.01 Å². The second kappa shape index (κ2) is 9.88. The molecule has 170 valence electrons. The van der Waals surface area contributed by atoms with Gasteiger partial charge in [0.15, 0.2) is 0 Å². The van der Waals surface area contributed by atoms with Gasteiger partial charge in [0.05, 0.1) is 18.4 Å². The predicted molar refractivity (Wildman–Crippen MR) is 133 cm³/mol. The van der Waals surface area contributed by atoms with Crippen molar-refractivity contribution in [3.05, 3.63) is 94.5 Å². The van der Waals surface area contributed by atoms with Crippen LogP contribution < -0.4 is 9.47 Å². The van der Waals surface area contributed by atoms with Crippen LogP contribution in [0.4, 0.5) is 0 Å². The van der Waals surface area contributed by atoms with Gasteiger partial charge < -0.3 is 9.47 Å². The van der Waals surface area contributed by atoms with Crippen LogP contribution in [0.25, 0.3) is 0 Å². The molecule has 2 heterocycles. The van der Waals surface area contributed by atoms with Gasteiger partial charge in [-0.2, -0.15) is 5.10 Å². The summed E-state index contributed by atoms with van der Waals surface area (Å²) in [5.41, 5.74) is 4.38. The van der Waals surface area contributed by atoms with Crippen molar-refractivity contribution in [2.75, 3.05) is 6.61 Å². The van der Waals surface area contributed by atoms with E-state index in [1.807, 2.05) is 48.5 Å². The first kappa shape index (κ1) is 21.8. The van der Waals surface area contributed by atoms with Crippen LogP contribution in [0.2, 0.25) is 5.02 Å². The molecule has 0 fully saturated rings. The number of benzene rings is 3. The lowest BCUT2D eigenvalue weighted by Crippen LogP contribution is -2.33. The first-order chi connectivity index (χ1) is 16.2. The number of nitrogens with zero attached hydrogens (tertiary/aromatic N) is 2. The number of unbranched alkanes of at least 4 members (excludes halogenated alkanes) is 3. The lowest BCUT2D eigenvalue weighted by atomic mass is 9.96. The van der Waals surface area contributed by atoms with Gasteiger partial charge in [0.1, 0.15) is 11.5 Å². The summed E-state index contributed by atoms with van der Waals surface area (Å²) in [6.45, 7) is 2.98. The molecular formula is C28H29ClN2O2. The molecule has 0 aliphatic carbocycles. The van der Waals surface area contributed by atoms with E-state index in [1.54, 1.807) is 0 Å². The normalized spacial score (nSPS) is 18.8. The van der Waals surface area contributed by atoms with E-state index in [-0.39, 0.29) is 12.3 Å². The molecule has 4 nitrogen and oxygen atoms in total. The number of rotatable bonds is 8. The maximum atomic E-state index is 6.46. The monoisotopic (exact) mass is 460 g/mol. The Morgan fingerprint density at radius 1 is 0.970 bits per heavy atom. The molecule has 0 aromatic heterocycles. The Balaban J connectivity index is 1.38. The highest BCUT2D eigenvalue weighted by Gasteiger charge is 2.40. The molecule has 2 atom stereocenters. The van der Waals surface area contributed by atoms with E-state index in [1.165, 1.54) is 24.8 Å². The van der Waals surface area contributed by atoms with Crippen molar-refractivity contribution in [1.29, 1.82) is 0 Å². The topological polar surface area (TPSA) is 34.1 Å². The molecule has 0 saturated heterocycles. The Hall–Kier alpha value is -2.98. The van der Waals surface area contributed by atoms with E-state index < -0.39 is 0 Å². The smallest absolute Gasteiger partial charge is 0.213 e. The van der Waals surface area contributed by atoms with E-state index in [9.17, 15) is 0 Å². The first-order valence-electron chi connectivity index (χ1n) is 11.8. The fraction of sp³-hybridized carbons (Fsp3) is 0.321. The van der Waals surface area contributed by atoms with Crippen LogP contribution in [0.15, 0.2) is 77.9 Å². The minimum atomic E-state index is -0.284. The zero-order valence-corrected chi connectivity index (χ0v) is 19.7. The number of fused-ring (bicyclic) bond motifs is 3. The molecule has 2 aliphatic heterocycles. The van der Waals surface area contributed by atoms with Gasteiger partial charge >= 0.3 is 0 Å². The van der Waals surface area contributed by atoms with E-state index >= 15 is 0 Å². The summed E-state index contributed by atoms with van der Waals surface area (Å²) in [7, 11) is 0. The van der Waals surface area contributed by atoms with Crippen LogP contribution in [-0.4, -0.2) is 17.3 Å². The first-order valence-corrected chi connectivity index (χ1v) is 12.2. The van der Waals surface area contributed by atoms with E-state index in [0.29, 0.717) is 0 Å². The number of hydrogen-bond donors (Lipinski definition) is 0. The summed E-state index contributed by atoms with van der Waals surface area (Å²) in [4.78, 5) is 0. The van der Waals surface area contributed by atoms with Crippen molar-refractivity contribution in [3.63, 3.8) is 0 Å². The molecule has 33 heavy (non-hydrogen) atoms. The van der Waals surface area contributed by atoms with Gasteiger partial charge in [-0.1, -0.05) is 68.1 Å². The van der Waals surface area contributed by atoms with Crippen LogP contribution >= 0.6 is 11.6 Å². The third-order valence-corrected chi connectivity index (χ3v) is 6.56. The Labute approximate surface area is 200 Å². The van der Waals surface area contributed by atoms with Gasteiger partial charge in [-0.15, -0.1) is 0 Å². The summed E-state index contributed by atoms with van der Waals surface area (Å²) >= 11 is 6.10. The third-order valence-electron chi connectivity index (χ3n) is 6.31. The highest BCUT2D eigenvalue weighted by atomic mass is 35.5. The average molecular weight is 461 g/mol. The van der Waals surface area contributed by atoms with Crippen LogP contribution in [0.1, 0.15) is 68.0 Å². The maximum absolute atomic E-state index is 6.46. The third kappa shape index (κ3) is 4.72. The molecule has 0 radical (unpaired) electrons. The zero-order chi connectivity index (χ0) is 22.6. The van der Waals surface area contributed by atoms with E-state index in [4.69, 9.17) is 26.2 Å². The highest BCUT2D eigenvalue weighted by molar-refractivity contribution is 6.30. The summed E-state index contributed by atoms with van der Waals surface area (Å²) in [6, 6.07) is 24.6. The number of halogens is 1. The molecule has 3 aromatic rings. The number of hydrogen-bond acceptors (Lipinski definition) is 4. The Morgan fingerprint density at radius 2 is 1.76 bits per heavy atom. The molecule has 0 spiro atoms. The van der Waals surface area contributed by atoms with Crippen molar-refractivity contribution < 1.29 is 9.47 Å². The lowest BCUT2D eigenvalue weighted by molar-refractivity contribution is -0.0190. The Morgan fingerprint density at radius 3 is 2.55 bits per heavy atom. The second-order valence-electron chi connectivity index (χ2n) is 8.64. The fourth-order valence-corrected chi connectivity index (χ4v) is 4.64. The SMILES string of the molecule is CCCCCCOc1ccc([C@H]2Oc3ccccc3[C@@H]3CC(c4ccc(Cl)cc4)=NN23)cc1. The summed E-state index contributed by atoms with van der Waals surface area (Å²) in [6.07, 6.45) is 5.35. The number of ether oxygens (including phenoxy) is 2. The predicted octanol–water partition coefficient (Wildman–Crippen LogP) is 7.54. The van der Waals surface area contributed by atoms with Crippen LogP contribution in [-0.2, 0) is 0 Å². The highest BCUT2D eigenvalue weighted by Crippen LogP contribution is 2.47. The minimum Gasteiger partial charge on any atom is -0.494 e. The average Bonchev–Trinajstić information content (AvgIpc) is 3.30. The maximum Gasteiger partial charge on any atom is 0.213 e. The largest absolute Gasteiger partial charge is 0.494 e. The summed E-state index contributed by atoms with van der Waals surface area (Å²) < 4.78 is 12.4. The molecule has 5 rings (SSSR count). The molecule has 0 saturated carbocycles. The Kier molecular flexibility index (Phi) is 6.54. The molecule has 0 unspecified atom stereocenters. The van der Waals surface area contributed by atoms with Crippen molar-refractivity contribution in [3.8, 4) is 11.5 Å². The fourth-order valence-electron chi connectivity index (χ4n) is 4.52. The molecule has 0 amide bonds. The van der Waals surface area contributed by atoms with Crippen molar-refractivity contribution in [2.24, 2.45) is 5.10 Å². The van der Waals surface area contributed by atoms with E-state index in [0.717, 1.165) is 52.8 Å². The minimum absolute atomic E-state index is 0.139. The van der Waals surface area contributed by atoms with Crippen molar-refractivity contribution in [2.45, 2.75) is 51.3 Å². The molecule has 2 aliphatic rings. The molecule has 0 N–H and O–H groups in total. The van der Waals surface area contributed by atoms with Crippen LogP contribution in [0, 0.1) is 0 Å². The van der Waals surface area contributed by atoms with Crippen LogP contribution in [0.5, 0.6) is 11.5 Å². The summed E-state index contributed by atoms with van der Waals surface area (Å²) in [5.74, 6) is 1.82. The van der Waals surface area contributed by atoms with Gasteiger partial charge in [0.2, 0.25) is 6.23 Å². The molecule has 3 aromatic carbocycles. The number of para-hydroxylation sites is 1. The van der Waals surface area contributed by atoms with E-state index in [2.05, 4.69) is 36.2 Å². The standard InChI is InChI=1S/C28H29ClN2O2/c1-2-3-4-7-18-32-23-16-12-21(13-17-23)28-31-26(24-8-5-6-9-27(24)33-28)19-25(30-31)20-10-14-22(29)15-11-20/h5-6,8-17,26,28H,2-4,7,18-19H2,1H3/t26-,28+/m0/s1. The van der Waals surface area contributed by atoms with Gasteiger partial charge in [0, 0.05) is 22.6 Å². The van der Waals surface area contributed by atoms with Crippen LogP contribution in [0.3, 0.4) is 0 Å². The van der Waals surface area contributed by atoms with Gasteiger partial charge in [0.25, 0.3) is 0 Å². The Bertz CT molecular complexity index is 1110. The summed E-state index contributed by atoms with van der Waals surface area (Å²) in [5, 5.41) is 7.85. The number of hydrazone groups is 1. The van der Waals surface area contributed by atoms with Crippen molar-refractivity contribution >= 4 is 17.3 Å². The van der Waals surface area contributed by atoms with Gasteiger partial charge in [-0.3, -0.25) is 0 Å². The van der Waals surface area contributed by atoms with Gasteiger partial charge in [-0.25, -0.2) is 5.01 Å². The van der Waals surface area contributed by atoms with Gasteiger partial charge in [-0.05, 0) is 54.4 Å². The zero-order valence-electron chi connectivity index (χ0n) is 18.9. The molecule has 0 bridgehead atoms. The second-order valence-corrected chi connectivity index (χ2v) is 9.08. The molecule has 5 heteroatoms. The quantitative estimate of drug-likeness (QED) is 0.325.